The highest BCUT2D eigenvalue weighted by Gasteiger charge is 2.37. The SMILES string of the molecule is CNC(=O)N1CCC[Si]1(C)C. The summed E-state index contributed by atoms with van der Waals surface area (Å²) in [6.45, 7) is 5.45. The molecule has 3 nitrogen and oxygen atoms in total. The van der Waals surface area contributed by atoms with Gasteiger partial charge in [-0.25, -0.2) is 4.79 Å². The number of nitrogens with zero attached hydrogens (tertiary/aromatic N) is 1. The fourth-order valence-corrected chi connectivity index (χ4v) is 4.34. The molecule has 1 aliphatic heterocycles. The van der Waals surface area contributed by atoms with Crippen molar-refractivity contribution in [3.8, 4) is 0 Å². The molecule has 1 heterocycles. The van der Waals surface area contributed by atoms with E-state index in [-0.39, 0.29) is 6.03 Å². The first-order valence-corrected chi connectivity index (χ1v) is 7.23. The molecule has 0 unspecified atom stereocenters. The average molecular weight is 172 g/mol. The molecule has 2 amide bonds. The van der Waals surface area contributed by atoms with Gasteiger partial charge in [-0.15, -0.1) is 0 Å². The topological polar surface area (TPSA) is 32.3 Å². The number of carbonyl (C=O) groups excluding carboxylic acids is 1. The van der Waals surface area contributed by atoms with E-state index in [1.54, 1.807) is 7.05 Å². The highest BCUT2D eigenvalue weighted by Crippen LogP contribution is 2.24. The lowest BCUT2D eigenvalue weighted by Gasteiger charge is -2.29. The molecule has 0 bridgehead atoms. The first-order valence-electron chi connectivity index (χ1n) is 4.07. The van der Waals surface area contributed by atoms with Crippen LogP contribution in [0.1, 0.15) is 6.42 Å². The van der Waals surface area contributed by atoms with E-state index >= 15 is 0 Å². The van der Waals surface area contributed by atoms with E-state index in [1.807, 2.05) is 4.57 Å². The summed E-state index contributed by atoms with van der Waals surface area (Å²) in [5.74, 6) is 0. The Bertz CT molecular complexity index is 170. The molecule has 0 aromatic carbocycles. The standard InChI is InChI=1S/C7H16N2OSi/c1-8-7(10)9-5-4-6-11(9,2)3/h4-6H2,1-3H3,(H,8,10). The number of carbonyl (C=O) groups is 1. The van der Waals surface area contributed by atoms with Crippen LogP contribution in [-0.2, 0) is 0 Å². The number of nitrogens with one attached hydrogen (secondary N) is 1. The molecular weight excluding hydrogens is 156 g/mol. The van der Waals surface area contributed by atoms with Crippen molar-refractivity contribution < 1.29 is 4.79 Å². The molecule has 11 heavy (non-hydrogen) atoms. The Labute approximate surface area is 68.9 Å². The van der Waals surface area contributed by atoms with Gasteiger partial charge in [0.1, 0.15) is 0 Å². The number of amides is 2. The van der Waals surface area contributed by atoms with E-state index in [2.05, 4.69) is 18.4 Å². The van der Waals surface area contributed by atoms with Gasteiger partial charge in [-0.1, -0.05) is 13.1 Å². The van der Waals surface area contributed by atoms with Crippen LogP contribution >= 0.6 is 0 Å². The van der Waals surface area contributed by atoms with Crippen molar-refractivity contribution >= 4 is 14.3 Å². The van der Waals surface area contributed by atoms with E-state index in [0.717, 1.165) is 6.54 Å². The van der Waals surface area contributed by atoms with E-state index in [1.165, 1.54) is 12.5 Å². The van der Waals surface area contributed by atoms with Crippen LogP contribution in [0.2, 0.25) is 19.1 Å². The van der Waals surface area contributed by atoms with Gasteiger partial charge in [0.15, 0.2) is 8.24 Å². The number of rotatable bonds is 0. The molecule has 1 N–H and O–H groups in total. The van der Waals surface area contributed by atoms with E-state index in [0.29, 0.717) is 0 Å². The number of hydrogen-bond acceptors (Lipinski definition) is 1. The van der Waals surface area contributed by atoms with Crippen LogP contribution in [0, 0.1) is 0 Å². The second-order valence-electron chi connectivity index (χ2n) is 3.62. The third kappa shape index (κ3) is 1.56. The van der Waals surface area contributed by atoms with Gasteiger partial charge in [0.25, 0.3) is 0 Å². The molecule has 0 saturated carbocycles. The zero-order valence-corrected chi connectivity index (χ0v) is 8.48. The third-order valence-electron chi connectivity index (χ3n) is 2.36. The zero-order chi connectivity index (χ0) is 8.48. The second-order valence-corrected chi connectivity index (χ2v) is 8.29. The van der Waals surface area contributed by atoms with Crippen LogP contribution in [0.4, 0.5) is 4.79 Å². The van der Waals surface area contributed by atoms with Crippen molar-refractivity contribution in [2.45, 2.75) is 25.6 Å². The maximum absolute atomic E-state index is 11.3. The molecule has 1 aliphatic rings. The van der Waals surface area contributed by atoms with Gasteiger partial charge in [0.05, 0.1) is 0 Å². The summed E-state index contributed by atoms with van der Waals surface area (Å²) in [4.78, 5) is 11.3. The highest BCUT2D eigenvalue weighted by atomic mass is 28.3. The Kier molecular flexibility index (Phi) is 2.22. The number of hydrogen-bond donors (Lipinski definition) is 1. The van der Waals surface area contributed by atoms with Crippen molar-refractivity contribution in [2.75, 3.05) is 13.6 Å². The van der Waals surface area contributed by atoms with Gasteiger partial charge >= 0.3 is 6.03 Å². The van der Waals surface area contributed by atoms with Crippen molar-refractivity contribution in [1.29, 1.82) is 0 Å². The van der Waals surface area contributed by atoms with E-state index < -0.39 is 8.24 Å². The van der Waals surface area contributed by atoms with Crippen LogP contribution in [0.25, 0.3) is 0 Å². The van der Waals surface area contributed by atoms with Crippen molar-refractivity contribution in [1.82, 2.24) is 9.88 Å². The van der Waals surface area contributed by atoms with E-state index in [9.17, 15) is 4.79 Å². The van der Waals surface area contributed by atoms with Crippen LogP contribution < -0.4 is 5.32 Å². The largest absolute Gasteiger partial charge is 0.352 e. The first kappa shape index (κ1) is 8.58. The number of urea groups is 1. The summed E-state index contributed by atoms with van der Waals surface area (Å²) in [5, 5.41) is 2.68. The lowest BCUT2D eigenvalue weighted by atomic mass is 10.5. The molecule has 0 radical (unpaired) electrons. The fourth-order valence-electron chi connectivity index (χ4n) is 1.62. The van der Waals surface area contributed by atoms with Crippen LogP contribution in [-0.4, -0.2) is 32.4 Å². The van der Waals surface area contributed by atoms with Crippen LogP contribution in [0.5, 0.6) is 0 Å². The predicted molar refractivity (Wildman–Crippen MR) is 48.1 cm³/mol. The molecule has 0 spiro atoms. The lowest BCUT2D eigenvalue weighted by molar-refractivity contribution is 0.226. The summed E-state index contributed by atoms with van der Waals surface area (Å²) in [7, 11) is 0.367. The van der Waals surface area contributed by atoms with Gasteiger partial charge in [0, 0.05) is 13.6 Å². The van der Waals surface area contributed by atoms with Gasteiger partial charge in [-0.05, 0) is 12.5 Å². The lowest BCUT2D eigenvalue weighted by Crippen LogP contribution is -2.50. The molecule has 64 valence electrons. The molecule has 4 heteroatoms. The van der Waals surface area contributed by atoms with Crippen molar-refractivity contribution in [3.05, 3.63) is 0 Å². The monoisotopic (exact) mass is 172 g/mol. The predicted octanol–water partition coefficient (Wildman–Crippen LogP) is 1.24. The second kappa shape index (κ2) is 2.85. The Morgan fingerprint density at radius 1 is 1.55 bits per heavy atom. The maximum Gasteiger partial charge on any atom is 0.309 e. The molecule has 0 aromatic rings. The Hall–Kier alpha value is -0.513. The molecule has 1 saturated heterocycles. The van der Waals surface area contributed by atoms with Gasteiger partial charge in [-0.2, -0.15) is 0 Å². The van der Waals surface area contributed by atoms with Crippen molar-refractivity contribution in [2.24, 2.45) is 0 Å². The Morgan fingerprint density at radius 3 is 2.55 bits per heavy atom. The van der Waals surface area contributed by atoms with Gasteiger partial charge in [0.2, 0.25) is 0 Å². The quantitative estimate of drug-likeness (QED) is 0.548. The fraction of sp³-hybridized carbons (Fsp3) is 0.857. The Balaban J connectivity index is 2.64. The first-order chi connectivity index (χ1) is 5.08. The van der Waals surface area contributed by atoms with Crippen molar-refractivity contribution in [3.63, 3.8) is 0 Å². The molecule has 0 atom stereocenters. The minimum atomic E-state index is -1.33. The van der Waals surface area contributed by atoms with E-state index in [4.69, 9.17) is 0 Å². The smallest absolute Gasteiger partial charge is 0.309 e. The van der Waals surface area contributed by atoms with Gasteiger partial charge in [-0.3, -0.25) is 0 Å². The maximum atomic E-state index is 11.3. The van der Waals surface area contributed by atoms with Gasteiger partial charge < -0.3 is 9.88 Å². The summed E-state index contributed by atoms with van der Waals surface area (Å²) < 4.78 is 2.03. The summed E-state index contributed by atoms with van der Waals surface area (Å²) in [5.41, 5.74) is 0. The Morgan fingerprint density at radius 2 is 2.18 bits per heavy atom. The summed E-state index contributed by atoms with van der Waals surface area (Å²) in [6.07, 6.45) is 1.19. The minimum absolute atomic E-state index is 0.110. The highest BCUT2D eigenvalue weighted by molar-refractivity contribution is 6.77. The normalized spacial score (nSPS) is 21.9. The summed E-state index contributed by atoms with van der Waals surface area (Å²) in [6, 6.07) is 1.36. The molecular formula is C7H16N2OSi. The average Bonchev–Trinajstić information content (AvgIpc) is 2.28. The molecule has 0 aliphatic carbocycles. The van der Waals surface area contributed by atoms with Crippen LogP contribution in [0.3, 0.4) is 0 Å². The third-order valence-corrected chi connectivity index (χ3v) is 5.83. The molecule has 1 fully saturated rings. The zero-order valence-electron chi connectivity index (χ0n) is 7.48. The minimum Gasteiger partial charge on any atom is -0.352 e. The summed E-state index contributed by atoms with van der Waals surface area (Å²) >= 11 is 0. The molecule has 1 rings (SSSR count). The van der Waals surface area contributed by atoms with Crippen LogP contribution in [0.15, 0.2) is 0 Å². The molecule has 0 aromatic heterocycles.